The molecule has 3 rings (SSSR count). The van der Waals surface area contributed by atoms with Crippen molar-refractivity contribution in [3.63, 3.8) is 0 Å². The third kappa shape index (κ3) is 8.24. The molecule has 0 aliphatic rings. The minimum Gasteiger partial charge on any atom is -0.497 e. The van der Waals surface area contributed by atoms with E-state index >= 15 is 0 Å². The Morgan fingerprint density at radius 1 is 0.714 bits per heavy atom. The van der Waals surface area contributed by atoms with E-state index in [-0.39, 0.29) is 24.0 Å². The van der Waals surface area contributed by atoms with Crippen LogP contribution in [0.4, 0.5) is 5.69 Å². The molecule has 8 heteroatoms. The van der Waals surface area contributed by atoms with Gasteiger partial charge < -0.3 is 23.8 Å². The number of nitrogens with zero attached hydrogens (tertiary/aromatic N) is 2. The van der Waals surface area contributed by atoms with Crippen LogP contribution in [-0.4, -0.2) is 44.3 Å². The largest absolute Gasteiger partial charge is 0.497 e. The Hall–Kier alpha value is -2.59. The molecule has 0 aliphatic heterocycles. The molecular weight excluding hydrogens is 575 g/mol. The molecule has 0 radical (unpaired) electrons. The highest BCUT2D eigenvalue weighted by Gasteiger charge is 2.16. The lowest BCUT2D eigenvalue weighted by Gasteiger charge is -2.26. The quantitative estimate of drug-likeness (QED) is 0.144. The highest BCUT2D eigenvalue weighted by Crippen LogP contribution is 2.33. The molecule has 0 fully saturated rings. The minimum atomic E-state index is 0. The predicted octanol–water partition coefficient (Wildman–Crippen LogP) is 6.78. The molecular formula is C27H33IN2O4S. The number of amidine groups is 1. The first-order valence-electron chi connectivity index (χ1n) is 11.0. The second-order valence-corrected chi connectivity index (χ2v) is 8.65. The molecule has 0 saturated carbocycles. The first-order chi connectivity index (χ1) is 16.6. The standard InChI is InChI=1S/C27H32N2O4S.HI/c1-6-34-27(28-25-16-15-24(32-4)17-26(25)33-5)29(18-20-7-11-22(30-2)12-8-20)19-21-9-13-23(31-3)14-10-21;/h7-17H,6,18-19H2,1-5H3;1H. The summed E-state index contributed by atoms with van der Waals surface area (Å²) in [5, 5.41) is 0.914. The first kappa shape index (κ1) is 28.6. The minimum absolute atomic E-state index is 0. The van der Waals surface area contributed by atoms with Gasteiger partial charge in [-0.25, -0.2) is 4.99 Å². The molecule has 0 aliphatic carbocycles. The third-order valence-electron chi connectivity index (χ3n) is 5.21. The molecule has 0 aromatic heterocycles. The lowest BCUT2D eigenvalue weighted by atomic mass is 10.1. The van der Waals surface area contributed by atoms with E-state index in [1.165, 1.54) is 11.1 Å². The lowest BCUT2D eigenvalue weighted by Crippen LogP contribution is -2.28. The van der Waals surface area contributed by atoms with Crippen molar-refractivity contribution in [3.05, 3.63) is 77.9 Å². The van der Waals surface area contributed by atoms with Gasteiger partial charge in [0.2, 0.25) is 0 Å². The fourth-order valence-electron chi connectivity index (χ4n) is 3.40. The van der Waals surface area contributed by atoms with Crippen molar-refractivity contribution in [2.75, 3.05) is 34.2 Å². The van der Waals surface area contributed by atoms with Gasteiger partial charge in [0.15, 0.2) is 5.17 Å². The average molecular weight is 609 g/mol. The molecule has 0 spiro atoms. The summed E-state index contributed by atoms with van der Waals surface area (Å²) in [6.45, 7) is 3.52. The van der Waals surface area contributed by atoms with E-state index in [0.717, 1.165) is 33.9 Å². The molecule has 0 unspecified atom stereocenters. The summed E-state index contributed by atoms with van der Waals surface area (Å²) in [6.07, 6.45) is 0. The number of methoxy groups -OCH3 is 4. The molecule has 0 heterocycles. The Labute approximate surface area is 229 Å². The Morgan fingerprint density at radius 2 is 1.20 bits per heavy atom. The SMILES string of the molecule is CCSC(=Nc1ccc(OC)cc1OC)N(Cc1ccc(OC)cc1)Cc1ccc(OC)cc1.I. The van der Waals surface area contributed by atoms with Crippen LogP contribution in [0.15, 0.2) is 71.7 Å². The number of hydrogen-bond donors (Lipinski definition) is 0. The molecule has 0 amide bonds. The number of rotatable bonds is 10. The molecule has 35 heavy (non-hydrogen) atoms. The van der Waals surface area contributed by atoms with E-state index in [9.17, 15) is 0 Å². The summed E-state index contributed by atoms with van der Waals surface area (Å²) in [7, 11) is 6.64. The van der Waals surface area contributed by atoms with E-state index in [0.29, 0.717) is 18.8 Å². The summed E-state index contributed by atoms with van der Waals surface area (Å²) in [5.74, 6) is 3.96. The summed E-state index contributed by atoms with van der Waals surface area (Å²) in [4.78, 5) is 7.31. The molecule has 188 valence electrons. The van der Waals surface area contributed by atoms with Crippen molar-refractivity contribution >= 4 is 46.6 Å². The van der Waals surface area contributed by atoms with Crippen LogP contribution in [0, 0.1) is 0 Å². The molecule has 6 nitrogen and oxygen atoms in total. The van der Waals surface area contributed by atoms with Gasteiger partial charge in [0, 0.05) is 19.2 Å². The average Bonchev–Trinajstić information content (AvgIpc) is 2.89. The molecule has 0 N–H and O–H groups in total. The van der Waals surface area contributed by atoms with Gasteiger partial charge in [-0.3, -0.25) is 0 Å². The van der Waals surface area contributed by atoms with Gasteiger partial charge in [0.25, 0.3) is 0 Å². The van der Waals surface area contributed by atoms with Crippen LogP contribution in [0.3, 0.4) is 0 Å². The summed E-state index contributed by atoms with van der Waals surface area (Å²) in [6, 6.07) is 21.9. The van der Waals surface area contributed by atoms with Gasteiger partial charge in [0.1, 0.15) is 28.7 Å². The zero-order valence-electron chi connectivity index (χ0n) is 20.8. The number of hydrogen-bond acceptors (Lipinski definition) is 6. The Bertz CT molecular complexity index is 1030. The molecule has 3 aromatic rings. The smallest absolute Gasteiger partial charge is 0.165 e. The summed E-state index contributed by atoms with van der Waals surface area (Å²) >= 11 is 1.70. The van der Waals surface area contributed by atoms with E-state index in [1.807, 2.05) is 42.5 Å². The van der Waals surface area contributed by atoms with E-state index in [1.54, 1.807) is 40.2 Å². The van der Waals surface area contributed by atoms with Crippen molar-refractivity contribution in [3.8, 4) is 23.0 Å². The Balaban J connectivity index is 0.00000432. The zero-order chi connectivity index (χ0) is 24.3. The highest BCUT2D eigenvalue weighted by atomic mass is 127. The third-order valence-corrected chi connectivity index (χ3v) is 6.11. The maximum atomic E-state index is 5.59. The van der Waals surface area contributed by atoms with Crippen LogP contribution in [0.25, 0.3) is 0 Å². The molecule has 0 atom stereocenters. The van der Waals surface area contributed by atoms with E-state index in [4.69, 9.17) is 23.9 Å². The van der Waals surface area contributed by atoms with Crippen LogP contribution < -0.4 is 18.9 Å². The Morgan fingerprint density at radius 3 is 1.63 bits per heavy atom. The normalized spacial score (nSPS) is 10.8. The van der Waals surface area contributed by atoms with Gasteiger partial charge in [-0.1, -0.05) is 43.0 Å². The van der Waals surface area contributed by atoms with Crippen molar-refractivity contribution in [1.29, 1.82) is 0 Å². The molecule has 0 saturated heterocycles. The highest BCUT2D eigenvalue weighted by molar-refractivity contribution is 14.0. The van der Waals surface area contributed by atoms with Gasteiger partial charge >= 0.3 is 0 Å². The van der Waals surface area contributed by atoms with E-state index < -0.39 is 0 Å². The lowest BCUT2D eigenvalue weighted by molar-refractivity contribution is 0.394. The summed E-state index contributed by atoms with van der Waals surface area (Å²) in [5.41, 5.74) is 3.09. The number of ether oxygens (including phenoxy) is 4. The predicted molar refractivity (Wildman–Crippen MR) is 155 cm³/mol. The fraction of sp³-hybridized carbons (Fsp3) is 0.296. The summed E-state index contributed by atoms with van der Waals surface area (Å²) < 4.78 is 21.6. The molecule has 3 aromatic carbocycles. The van der Waals surface area contributed by atoms with Crippen molar-refractivity contribution < 1.29 is 18.9 Å². The van der Waals surface area contributed by atoms with Crippen LogP contribution >= 0.6 is 35.7 Å². The van der Waals surface area contributed by atoms with Crippen molar-refractivity contribution in [2.24, 2.45) is 4.99 Å². The molecule has 0 bridgehead atoms. The maximum absolute atomic E-state index is 5.59. The number of aliphatic imine (C=N–C) groups is 1. The van der Waals surface area contributed by atoms with Crippen LogP contribution in [0.1, 0.15) is 18.1 Å². The van der Waals surface area contributed by atoms with Gasteiger partial charge in [-0.2, -0.15) is 0 Å². The monoisotopic (exact) mass is 608 g/mol. The second-order valence-electron chi connectivity index (χ2n) is 7.42. The van der Waals surface area contributed by atoms with Crippen LogP contribution in [0.5, 0.6) is 23.0 Å². The topological polar surface area (TPSA) is 52.5 Å². The van der Waals surface area contributed by atoms with E-state index in [2.05, 4.69) is 36.1 Å². The fourth-order valence-corrected chi connectivity index (χ4v) is 4.13. The van der Waals surface area contributed by atoms with Gasteiger partial charge in [0.05, 0.1) is 28.4 Å². The number of benzene rings is 3. The van der Waals surface area contributed by atoms with Crippen LogP contribution in [0.2, 0.25) is 0 Å². The van der Waals surface area contributed by atoms with Crippen LogP contribution in [-0.2, 0) is 13.1 Å². The number of halogens is 1. The van der Waals surface area contributed by atoms with Gasteiger partial charge in [-0.05, 0) is 53.3 Å². The zero-order valence-corrected chi connectivity index (χ0v) is 24.0. The van der Waals surface area contributed by atoms with Crippen molar-refractivity contribution in [2.45, 2.75) is 20.0 Å². The second kappa shape index (κ2) is 14.7. The van der Waals surface area contributed by atoms with Gasteiger partial charge in [-0.15, -0.1) is 24.0 Å². The van der Waals surface area contributed by atoms with Crippen molar-refractivity contribution in [1.82, 2.24) is 4.90 Å². The Kier molecular flexibility index (Phi) is 12.1. The first-order valence-corrected chi connectivity index (χ1v) is 12.0. The maximum Gasteiger partial charge on any atom is 0.165 e. The number of thioether (sulfide) groups is 1.